The van der Waals surface area contributed by atoms with Crippen LogP contribution < -0.4 is 0 Å². The third-order valence-corrected chi connectivity index (χ3v) is 33.8. The molecule has 1 aliphatic carbocycles. The Balaban J connectivity index is 2.80. The molecule has 0 saturated heterocycles. The summed E-state index contributed by atoms with van der Waals surface area (Å²) < 4.78 is 23.6. The third-order valence-electron chi connectivity index (χ3n) is 15.4. The molecule has 8 heteroatoms. The normalized spacial score (nSPS) is 21.0. The molecule has 2 rings (SSSR count). The molecule has 5 nitrogen and oxygen atoms in total. The van der Waals surface area contributed by atoms with Gasteiger partial charge in [0, 0.05) is 6.10 Å². The maximum atomic E-state index is 11.6. The zero-order chi connectivity index (χ0) is 45.0. The Kier molecular flexibility index (Phi) is 22.1. The van der Waals surface area contributed by atoms with Crippen LogP contribution in [-0.2, 0) is 24.5 Å². The molecule has 0 heterocycles. The molecule has 1 aliphatic rings. The molecule has 0 bridgehead atoms. The SMILES string of the molecule is CC(CC/C=C\C[C@@H]1[C@@H](CC[C@H](CCc2ccccc2)O[Si](C(C)C)(C(C)C)C(C)C)[C@H](O[Si](C(C)C)(C(C)C)C(C)C)C[C@@H]1O[Si](C(C)C)(C(C)C)C(C)C)C(=O)O. The van der Waals surface area contributed by atoms with E-state index in [1.807, 2.05) is 6.92 Å². The summed E-state index contributed by atoms with van der Waals surface area (Å²) in [5, 5.41) is 9.57. The molecule has 0 amide bonds. The zero-order valence-electron chi connectivity index (χ0n) is 41.9. The first kappa shape index (κ1) is 54.1. The Labute approximate surface area is 369 Å². The van der Waals surface area contributed by atoms with Crippen molar-refractivity contribution in [1.29, 1.82) is 0 Å². The van der Waals surface area contributed by atoms with E-state index < -0.39 is 30.9 Å². The van der Waals surface area contributed by atoms with Crippen molar-refractivity contribution in [2.45, 2.75) is 251 Å². The minimum Gasteiger partial charge on any atom is -0.481 e. The molecular weight excluding hydrogens is 777 g/mol. The molecule has 0 aliphatic heterocycles. The van der Waals surface area contributed by atoms with Gasteiger partial charge < -0.3 is 18.4 Å². The number of aryl methyl sites for hydroxylation is 1. The van der Waals surface area contributed by atoms with Crippen LogP contribution in [0, 0.1) is 17.8 Å². The Hall–Kier alpha value is -1.04. The molecule has 342 valence electrons. The molecular formula is C51H96O5Si3. The second-order valence-corrected chi connectivity index (χ2v) is 37.9. The predicted octanol–water partition coefficient (Wildman–Crippen LogP) is 16.2. The average Bonchev–Trinajstić information content (AvgIpc) is 3.45. The smallest absolute Gasteiger partial charge is 0.306 e. The van der Waals surface area contributed by atoms with Gasteiger partial charge in [0.05, 0.1) is 18.1 Å². The van der Waals surface area contributed by atoms with Crippen molar-refractivity contribution >= 4 is 30.9 Å². The first-order valence-corrected chi connectivity index (χ1v) is 30.8. The number of carboxylic acids is 1. The van der Waals surface area contributed by atoms with Crippen LogP contribution in [0.2, 0.25) is 49.9 Å². The lowest BCUT2D eigenvalue weighted by Gasteiger charge is -2.46. The number of benzene rings is 1. The van der Waals surface area contributed by atoms with E-state index in [9.17, 15) is 9.90 Å². The van der Waals surface area contributed by atoms with Crippen LogP contribution in [0.5, 0.6) is 0 Å². The van der Waals surface area contributed by atoms with Crippen LogP contribution in [0.3, 0.4) is 0 Å². The number of rotatable bonds is 27. The van der Waals surface area contributed by atoms with Gasteiger partial charge in [0.1, 0.15) is 0 Å². The Morgan fingerprint density at radius 1 is 0.593 bits per heavy atom. The van der Waals surface area contributed by atoms with Crippen LogP contribution in [0.4, 0.5) is 0 Å². The van der Waals surface area contributed by atoms with Gasteiger partial charge in [-0.15, -0.1) is 0 Å². The van der Waals surface area contributed by atoms with Gasteiger partial charge in [-0.25, -0.2) is 0 Å². The van der Waals surface area contributed by atoms with Gasteiger partial charge in [-0.05, 0) is 119 Å². The van der Waals surface area contributed by atoms with E-state index in [1.54, 1.807) is 0 Å². The summed E-state index contributed by atoms with van der Waals surface area (Å²) in [5.74, 6) is -0.377. The Bertz CT molecular complexity index is 1310. The van der Waals surface area contributed by atoms with Crippen molar-refractivity contribution in [3.63, 3.8) is 0 Å². The largest absolute Gasteiger partial charge is 0.481 e. The summed E-state index contributed by atoms with van der Waals surface area (Å²) in [6.45, 7) is 45.4. The van der Waals surface area contributed by atoms with E-state index in [-0.39, 0.29) is 24.2 Å². The van der Waals surface area contributed by atoms with E-state index in [4.69, 9.17) is 13.3 Å². The summed E-state index contributed by atoms with van der Waals surface area (Å²) in [6, 6.07) is 11.0. The second-order valence-electron chi connectivity index (χ2n) is 21.7. The molecule has 0 spiro atoms. The summed E-state index contributed by atoms with van der Waals surface area (Å²) in [5.41, 5.74) is 5.99. The molecule has 59 heavy (non-hydrogen) atoms. The first-order valence-electron chi connectivity index (χ1n) is 24.4. The van der Waals surface area contributed by atoms with Crippen LogP contribution in [0.1, 0.15) is 182 Å². The minimum atomic E-state index is -2.23. The number of carboxylic acid groups (broad SMARTS) is 1. The highest BCUT2D eigenvalue weighted by Crippen LogP contribution is 2.53. The molecule has 0 aromatic heterocycles. The van der Waals surface area contributed by atoms with Gasteiger partial charge in [0.25, 0.3) is 0 Å². The molecule has 6 atom stereocenters. The van der Waals surface area contributed by atoms with Crippen LogP contribution >= 0.6 is 0 Å². The summed E-state index contributed by atoms with van der Waals surface area (Å²) in [4.78, 5) is 11.6. The first-order chi connectivity index (χ1) is 27.4. The van der Waals surface area contributed by atoms with Crippen molar-refractivity contribution in [2.24, 2.45) is 17.8 Å². The molecule has 1 aromatic carbocycles. The fourth-order valence-corrected chi connectivity index (χ4v) is 29.5. The van der Waals surface area contributed by atoms with Crippen LogP contribution in [0.25, 0.3) is 0 Å². The third kappa shape index (κ3) is 13.2. The van der Waals surface area contributed by atoms with Crippen molar-refractivity contribution in [2.75, 3.05) is 0 Å². The van der Waals surface area contributed by atoms with Gasteiger partial charge in [-0.1, -0.05) is 174 Å². The average molecular weight is 874 g/mol. The predicted molar refractivity (Wildman–Crippen MR) is 263 cm³/mol. The van der Waals surface area contributed by atoms with Gasteiger partial charge in [-0.3, -0.25) is 4.79 Å². The minimum absolute atomic E-state index is 0.129. The summed E-state index contributed by atoms with van der Waals surface area (Å²) >= 11 is 0. The molecule has 1 unspecified atom stereocenters. The molecule has 1 saturated carbocycles. The number of allylic oxidation sites excluding steroid dienone is 2. The topological polar surface area (TPSA) is 65.0 Å². The number of hydrogen-bond acceptors (Lipinski definition) is 4. The van der Waals surface area contributed by atoms with Crippen LogP contribution in [0.15, 0.2) is 42.5 Å². The molecule has 0 radical (unpaired) electrons. The van der Waals surface area contributed by atoms with Crippen LogP contribution in [-0.4, -0.2) is 54.3 Å². The monoisotopic (exact) mass is 873 g/mol. The van der Waals surface area contributed by atoms with E-state index in [2.05, 4.69) is 167 Å². The lowest BCUT2D eigenvalue weighted by Crippen LogP contribution is -2.51. The maximum Gasteiger partial charge on any atom is 0.306 e. The Morgan fingerprint density at radius 2 is 1.02 bits per heavy atom. The number of carbonyl (C=O) groups is 1. The van der Waals surface area contributed by atoms with Gasteiger partial charge in [0.15, 0.2) is 0 Å². The van der Waals surface area contributed by atoms with E-state index in [0.717, 1.165) is 44.9 Å². The lowest BCUT2D eigenvalue weighted by atomic mass is 9.85. The fourth-order valence-electron chi connectivity index (χ4n) is 12.6. The number of aliphatic carboxylic acids is 1. The van der Waals surface area contributed by atoms with E-state index >= 15 is 0 Å². The second kappa shape index (κ2) is 24.1. The van der Waals surface area contributed by atoms with Crippen molar-refractivity contribution < 1.29 is 23.2 Å². The van der Waals surface area contributed by atoms with Gasteiger partial charge in [0.2, 0.25) is 25.0 Å². The highest BCUT2D eigenvalue weighted by molar-refractivity contribution is 6.78. The number of hydrogen-bond donors (Lipinski definition) is 1. The van der Waals surface area contributed by atoms with E-state index in [0.29, 0.717) is 68.1 Å². The zero-order valence-corrected chi connectivity index (χ0v) is 44.9. The van der Waals surface area contributed by atoms with E-state index in [1.165, 1.54) is 5.56 Å². The van der Waals surface area contributed by atoms with Crippen molar-refractivity contribution in [1.82, 2.24) is 0 Å². The summed E-state index contributed by atoms with van der Waals surface area (Å²) in [7, 11) is -6.59. The van der Waals surface area contributed by atoms with Crippen molar-refractivity contribution in [3.05, 3.63) is 48.0 Å². The quantitative estimate of drug-likeness (QED) is 0.0705. The standard InChI is InChI=1S/C51H96O5Si3/c1-35(2)57(36(3)4,37(5)6)54-46(31-30-45-27-23-21-24-28-45)32-33-48-47(29-25-20-22-26-44(19)51(52)53)49(55-58(38(7)8,39(9)10)40(11)12)34-50(48)56-59(41(13)14,42(15)16)43(17)18/h20-21,23-25,27-28,35-44,46-50H,22,26,29-34H2,1-19H3,(H,52,53)/b25-20-/t44?,46-,47+,48+,49-,50+/m0/s1. The highest BCUT2D eigenvalue weighted by atomic mass is 28.4. The lowest BCUT2D eigenvalue weighted by molar-refractivity contribution is -0.141. The summed E-state index contributed by atoms with van der Waals surface area (Å²) in [6.07, 6.45) is 12.6. The maximum absolute atomic E-state index is 11.6. The van der Waals surface area contributed by atoms with Crippen molar-refractivity contribution in [3.8, 4) is 0 Å². The highest BCUT2D eigenvalue weighted by Gasteiger charge is 2.55. The Morgan fingerprint density at radius 3 is 1.42 bits per heavy atom. The molecule has 1 aromatic rings. The molecule has 1 N–H and O–H groups in total. The van der Waals surface area contributed by atoms with Gasteiger partial charge in [-0.2, -0.15) is 0 Å². The molecule has 1 fully saturated rings. The van der Waals surface area contributed by atoms with Gasteiger partial charge >= 0.3 is 5.97 Å². The fraction of sp³-hybridized carbons (Fsp3) is 0.824.